The number of rotatable bonds is 11. The number of hydrogen-bond acceptors (Lipinski definition) is 7. The van der Waals surface area contributed by atoms with Gasteiger partial charge in [-0.05, 0) is 43.0 Å². The molecule has 0 saturated heterocycles. The van der Waals surface area contributed by atoms with Gasteiger partial charge in [-0.15, -0.1) is 0 Å². The Morgan fingerprint density at radius 3 is 2.40 bits per heavy atom. The Balaban J connectivity index is 1.44. The molecule has 4 aromatic rings. The maximum Gasteiger partial charge on any atom is 0.267 e. The van der Waals surface area contributed by atoms with Gasteiger partial charge in [-0.25, -0.2) is 14.9 Å². The Labute approximate surface area is 251 Å². The maximum atomic E-state index is 13.6. The average molecular weight is 600 g/mol. The number of nitrogens with two attached hydrogens (primary N) is 1. The molecule has 1 aliphatic heterocycles. The van der Waals surface area contributed by atoms with Gasteiger partial charge in [0.05, 0.1) is 28.4 Å². The summed E-state index contributed by atoms with van der Waals surface area (Å²) >= 11 is 0. The highest BCUT2D eigenvalue weighted by molar-refractivity contribution is 6.76. The van der Waals surface area contributed by atoms with Gasteiger partial charge in [-0.2, -0.15) is 5.10 Å². The molecule has 2 N–H and O–H groups in total. The molecule has 1 unspecified atom stereocenters. The Hall–Kier alpha value is -4.16. The normalized spacial score (nSPS) is 16.4. The van der Waals surface area contributed by atoms with E-state index in [0.29, 0.717) is 41.4 Å². The van der Waals surface area contributed by atoms with E-state index in [1.165, 1.54) is 6.33 Å². The Bertz CT molecular complexity index is 1660. The van der Waals surface area contributed by atoms with Crippen LogP contribution in [-0.2, 0) is 16.3 Å². The molecule has 12 heteroatoms. The first-order valence-corrected chi connectivity index (χ1v) is 18.6. The van der Waals surface area contributed by atoms with Crippen molar-refractivity contribution in [2.45, 2.75) is 70.6 Å². The predicted octanol–water partition coefficient (Wildman–Crippen LogP) is 5.01. The van der Waals surface area contributed by atoms with Crippen LogP contribution in [0.5, 0.6) is 0 Å². The number of fused-ring (bicyclic) bond motifs is 2. The fraction of sp³-hybridized carbons (Fsp3) is 0.419. The monoisotopic (exact) mass is 599 g/mol. The van der Waals surface area contributed by atoms with Crippen molar-refractivity contribution in [3.8, 4) is 11.3 Å². The standard InChI is InChI=1S/C31H37N7O4Si/c1-43(2,3)15-14-42-19-36-13-12-23-27(33-18-34-28(23)36)24-17-37(25(16-26(32)39)20-8-4-5-9-20)35-29(24)38-30(40)21-10-6-7-11-22(21)31(38)41/h6-7,10-13,17-18,20,25H,4-5,8-9,14-16,19H2,1-3H3,(H2,32,39). The Morgan fingerprint density at radius 2 is 1.74 bits per heavy atom. The van der Waals surface area contributed by atoms with Crippen LogP contribution in [0.1, 0.15) is 58.9 Å². The molecule has 6 rings (SSSR count). The van der Waals surface area contributed by atoms with Crippen molar-refractivity contribution in [3.63, 3.8) is 0 Å². The first kappa shape index (κ1) is 28.9. The predicted molar refractivity (Wildman–Crippen MR) is 165 cm³/mol. The molecule has 1 fully saturated rings. The summed E-state index contributed by atoms with van der Waals surface area (Å²) in [6.07, 6.45) is 9.32. The van der Waals surface area contributed by atoms with Crippen molar-refractivity contribution in [2.24, 2.45) is 11.7 Å². The van der Waals surface area contributed by atoms with E-state index in [1.54, 1.807) is 35.1 Å². The van der Waals surface area contributed by atoms with E-state index in [4.69, 9.17) is 15.6 Å². The summed E-state index contributed by atoms with van der Waals surface area (Å²) < 4.78 is 9.63. The molecule has 1 atom stereocenters. The summed E-state index contributed by atoms with van der Waals surface area (Å²) in [7, 11) is -1.23. The third-order valence-corrected chi connectivity index (χ3v) is 10.2. The second-order valence-corrected chi connectivity index (χ2v) is 18.3. The number of carbonyl (C=O) groups is 3. The molecule has 0 bridgehead atoms. The molecule has 11 nitrogen and oxygen atoms in total. The van der Waals surface area contributed by atoms with Crippen LogP contribution in [0.4, 0.5) is 5.82 Å². The number of amides is 3. The van der Waals surface area contributed by atoms with Crippen LogP contribution in [0.2, 0.25) is 25.7 Å². The summed E-state index contributed by atoms with van der Waals surface area (Å²) in [5.74, 6) is -0.934. The number of ether oxygens (including phenoxy) is 1. The second kappa shape index (κ2) is 11.5. The Morgan fingerprint density at radius 1 is 1.05 bits per heavy atom. The van der Waals surface area contributed by atoms with E-state index in [9.17, 15) is 14.4 Å². The van der Waals surface area contributed by atoms with E-state index < -0.39 is 25.8 Å². The number of nitrogens with zero attached hydrogens (tertiary/aromatic N) is 6. The minimum atomic E-state index is -1.23. The molecular formula is C31H37N7O4Si. The molecule has 0 spiro atoms. The highest BCUT2D eigenvalue weighted by Gasteiger charge is 2.40. The van der Waals surface area contributed by atoms with Crippen LogP contribution < -0.4 is 10.6 Å². The number of aromatic nitrogens is 5. The molecule has 2 aliphatic rings. The van der Waals surface area contributed by atoms with Gasteiger partial charge in [0, 0.05) is 38.9 Å². The lowest BCUT2D eigenvalue weighted by atomic mass is 9.95. The van der Waals surface area contributed by atoms with Crippen molar-refractivity contribution in [3.05, 3.63) is 60.2 Å². The lowest BCUT2D eigenvalue weighted by Crippen LogP contribution is -2.31. The van der Waals surface area contributed by atoms with Gasteiger partial charge in [0.15, 0.2) is 5.82 Å². The molecule has 1 saturated carbocycles. The molecule has 224 valence electrons. The van der Waals surface area contributed by atoms with Crippen LogP contribution in [0.25, 0.3) is 22.3 Å². The molecule has 1 aliphatic carbocycles. The molecular weight excluding hydrogens is 562 g/mol. The van der Waals surface area contributed by atoms with Crippen molar-refractivity contribution >= 4 is 42.6 Å². The number of imide groups is 1. The zero-order valence-electron chi connectivity index (χ0n) is 24.8. The first-order valence-electron chi connectivity index (χ1n) is 14.9. The summed E-state index contributed by atoms with van der Waals surface area (Å²) in [4.78, 5) is 49.7. The lowest BCUT2D eigenvalue weighted by molar-refractivity contribution is -0.119. The highest BCUT2D eigenvalue weighted by atomic mass is 28.3. The van der Waals surface area contributed by atoms with Gasteiger partial charge >= 0.3 is 0 Å². The summed E-state index contributed by atoms with van der Waals surface area (Å²) in [6, 6.07) is 9.43. The van der Waals surface area contributed by atoms with Gasteiger partial charge in [-0.3, -0.25) is 19.1 Å². The number of carbonyl (C=O) groups excluding carboxylic acids is 3. The van der Waals surface area contributed by atoms with Crippen LogP contribution in [0, 0.1) is 5.92 Å². The molecule has 3 aromatic heterocycles. The highest BCUT2D eigenvalue weighted by Crippen LogP contribution is 2.41. The minimum Gasteiger partial charge on any atom is -0.370 e. The SMILES string of the molecule is C[Si](C)(C)CCOCn1ccc2c(-c3cn(C(CC(N)=O)C4CCCC4)nc3N3C(=O)c4ccccc4C3=O)ncnc21. The van der Waals surface area contributed by atoms with Gasteiger partial charge in [-0.1, -0.05) is 44.6 Å². The number of benzene rings is 1. The van der Waals surface area contributed by atoms with Gasteiger partial charge < -0.3 is 15.0 Å². The van der Waals surface area contributed by atoms with E-state index >= 15 is 0 Å². The smallest absolute Gasteiger partial charge is 0.267 e. The summed E-state index contributed by atoms with van der Waals surface area (Å²) in [5, 5.41) is 5.59. The molecule has 3 amide bonds. The zero-order chi connectivity index (χ0) is 30.3. The fourth-order valence-electron chi connectivity index (χ4n) is 6.15. The van der Waals surface area contributed by atoms with Crippen molar-refractivity contribution in [1.29, 1.82) is 0 Å². The van der Waals surface area contributed by atoms with E-state index in [-0.39, 0.29) is 24.2 Å². The second-order valence-electron chi connectivity index (χ2n) is 12.7. The van der Waals surface area contributed by atoms with Crippen molar-refractivity contribution in [1.82, 2.24) is 24.3 Å². The summed E-state index contributed by atoms with van der Waals surface area (Å²) in [5.41, 5.74) is 8.06. The molecule has 0 radical (unpaired) electrons. The van der Waals surface area contributed by atoms with E-state index in [1.807, 2.05) is 16.8 Å². The van der Waals surface area contributed by atoms with Crippen LogP contribution in [-0.4, -0.2) is 56.7 Å². The van der Waals surface area contributed by atoms with Crippen LogP contribution in [0.15, 0.2) is 49.1 Å². The topological polar surface area (TPSA) is 138 Å². The van der Waals surface area contributed by atoms with Gasteiger partial charge in [0.1, 0.15) is 18.7 Å². The van der Waals surface area contributed by atoms with E-state index in [0.717, 1.165) is 42.0 Å². The first-order chi connectivity index (χ1) is 20.6. The number of primary amides is 1. The van der Waals surface area contributed by atoms with Crippen LogP contribution in [0.3, 0.4) is 0 Å². The molecule has 4 heterocycles. The van der Waals surface area contributed by atoms with Crippen LogP contribution >= 0.6 is 0 Å². The third kappa shape index (κ3) is 5.64. The van der Waals surface area contributed by atoms with Crippen molar-refractivity contribution < 1.29 is 19.1 Å². The lowest BCUT2D eigenvalue weighted by Gasteiger charge is -2.22. The Kier molecular flexibility index (Phi) is 7.73. The van der Waals surface area contributed by atoms with E-state index in [2.05, 4.69) is 29.6 Å². The maximum absolute atomic E-state index is 13.6. The number of anilines is 1. The number of hydrogen-bond donors (Lipinski definition) is 1. The van der Waals surface area contributed by atoms with Gasteiger partial charge in [0.2, 0.25) is 5.91 Å². The van der Waals surface area contributed by atoms with Crippen molar-refractivity contribution in [2.75, 3.05) is 11.5 Å². The average Bonchev–Trinajstić information content (AvgIpc) is 3.77. The largest absolute Gasteiger partial charge is 0.370 e. The molecule has 43 heavy (non-hydrogen) atoms. The summed E-state index contributed by atoms with van der Waals surface area (Å²) in [6.45, 7) is 7.96. The fourth-order valence-corrected chi connectivity index (χ4v) is 6.91. The zero-order valence-corrected chi connectivity index (χ0v) is 25.8. The molecule has 1 aromatic carbocycles. The third-order valence-electron chi connectivity index (χ3n) is 8.45. The van der Waals surface area contributed by atoms with Gasteiger partial charge in [0.25, 0.3) is 11.8 Å². The quantitative estimate of drug-likeness (QED) is 0.145. The minimum absolute atomic E-state index is 0.109.